The first-order valence-corrected chi connectivity index (χ1v) is 2.85. The molecule has 5 heteroatoms. The molecule has 3 N–H and O–H groups in total. The molecule has 2 bridgehead atoms. The summed E-state index contributed by atoms with van der Waals surface area (Å²) in [5.74, 6) is 5.15. The molecule has 0 amide bonds. The van der Waals surface area contributed by atoms with E-state index in [0.29, 0.717) is 19.3 Å². The fraction of sp³-hybridized carbons (Fsp3) is 1.00. The lowest BCUT2D eigenvalue weighted by molar-refractivity contribution is -0.169. The molecule has 3 aliphatic rings. The monoisotopic (exact) mass is 188 g/mol. The molecule has 3 saturated carbocycles. The van der Waals surface area contributed by atoms with E-state index in [-0.39, 0.29) is 30.4 Å². The van der Waals surface area contributed by atoms with Gasteiger partial charge in [-0.3, -0.25) is 11.3 Å². The smallest absolute Gasteiger partial charge is 0.116 e. The summed E-state index contributed by atoms with van der Waals surface area (Å²) in [5, 5.41) is 0. The highest BCUT2D eigenvalue weighted by molar-refractivity contribution is 5.85. The van der Waals surface area contributed by atoms with Crippen molar-refractivity contribution in [2.24, 2.45) is 5.84 Å². The van der Waals surface area contributed by atoms with E-state index in [9.17, 15) is 4.39 Å². The number of nitrogens with one attached hydrogen (secondary N) is 1. The lowest BCUT2D eigenvalue weighted by atomic mass is 9.48. The van der Waals surface area contributed by atoms with E-state index in [1.54, 1.807) is 0 Å². The van der Waals surface area contributed by atoms with Gasteiger partial charge in [0.05, 0.1) is 0 Å². The first-order valence-electron chi connectivity index (χ1n) is 2.85. The van der Waals surface area contributed by atoms with E-state index in [1.165, 1.54) is 0 Å². The van der Waals surface area contributed by atoms with Crippen LogP contribution < -0.4 is 11.3 Å². The van der Waals surface area contributed by atoms with Crippen molar-refractivity contribution < 1.29 is 4.39 Å². The second-order valence-electron chi connectivity index (χ2n) is 3.11. The Hall–Kier alpha value is 0.430. The fourth-order valence-electron chi connectivity index (χ4n) is 1.82. The van der Waals surface area contributed by atoms with Crippen LogP contribution in [0.25, 0.3) is 0 Å². The number of hydrogen-bond acceptors (Lipinski definition) is 2. The highest BCUT2D eigenvalue weighted by Gasteiger charge is 2.68. The van der Waals surface area contributed by atoms with E-state index in [4.69, 9.17) is 5.84 Å². The third-order valence-corrected chi connectivity index (χ3v) is 2.27. The molecule has 0 aliphatic heterocycles. The molecule has 0 aromatic rings. The molecular weight excluding hydrogens is 178 g/mol. The van der Waals surface area contributed by atoms with Gasteiger partial charge < -0.3 is 0 Å². The second-order valence-corrected chi connectivity index (χ2v) is 3.11. The summed E-state index contributed by atoms with van der Waals surface area (Å²) in [6, 6.07) is 0. The maximum Gasteiger partial charge on any atom is 0.116 e. The standard InChI is InChI=1S/C5H9FN2.2ClH/c6-4-1-5(2-4,3-4)8-7;;/h8H,1-3,7H2;2*1H. The normalized spacial score (nSPS) is 47.4. The quantitative estimate of drug-likeness (QED) is 0.475. The molecule has 0 radical (unpaired) electrons. The molecule has 10 heavy (non-hydrogen) atoms. The van der Waals surface area contributed by atoms with Crippen molar-refractivity contribution in [3.63, 3.8) is 0 Å². The average molecular weight is 189 g/mol. The van der Waals surface area contributed by atoms with Crippen LogP contribution in [-0.2, 0) is 0 Å². The summed E-state index contributed by atoms with van der Waals surface area (Å²) in [5.41, 5.74) is 1.84. The number of rotatable bonds is 1. The van der Waals surface area contributed by atoms with Gasteiger partial charge in [-0.25, -0.2) is 4.39 Å². The van der Waals surface area contributed by atoms with Gasteiger partial charge in [0.25, 0.3) is 0 Å². The third-order valence-electron chi connectivity index (χ3n) is 2.27. The van der Waals surface area contributed by atoms with Crippen molar-refractivity contribution in [3.8, 4) is 0 Å². The van der Waals surface area contributed by atoms with Crippen molar-refractivity contribution in [1.29, 1.82) is 0 Å². The second kappa shape index (κ2) is 2.48. The van der Waals surface area contributed by atoms with Crippen LogP contribution in [0.15, 0.2) is 0 Å². The molecule has 0 aromatic carbocycles. The Labute approximate surface area is 71.5 Å². The van der Waals surface area contributed by atoms with E-state index in [1.807, 2.05) is 0 Å². The molecule has 0 spiro atoms. The van der Waals surface area contributed by atoms with E-state index in [0.717, 1.165) is 0 Å². The van der Waals surface area contributed by atoms with Crippen molar-refractivity contribution in [1.82, 2.24) is 5.43 Å². The Bertz CT molecular complexity index is 122. The highest BCUT2D eigenvalue weighted by atomic mass is 35.5. The number of hydrogen-bond donors (Lipinski definition) is 2. The highest BCUT2D eigenvalue weighted by Crippen LogP contribution is 2.62. The van der Waals surface area contributed by atoms with Crippen LogP contribution in [-0.4, -0.2) is 11.2 Å². The first kappa shape index (κ1) is 10.4. The van der Waals surface area contributed by atoms with Gasteiger partial charge in [0.15, 0.2) is 0 Å². The summed E-state index contributed by atoms with van der Waals surface area (Å²) in [6.07, 6.45) is 1.91. The maximum atomic E-state index is 12.6. The fourth-order valence-corrected chi connectivity index (χ4v) is 1.82. The molecule has 3 aliphatic carbocycles. The van der Waals surface area contributed by atoms with Gasteiger partial charge in [-0.2, -0.15) is 0 Å². The zero-order valence-electron chi connectivity index (χ0n) is 5.39. The Kier molecular flexibility index (Phi) is 2.59. The number of hydrazine groups is 1. The summed E-state index contributed by atoms with van der Waals surface area (Å²) in [6.45, 7) is 0. The van der Waals surface area contributed by atoms with Crippen molar-refractivity contribution in [3.05, 3.63) is 0 Å². The molecule has 0 heterocycles. The van der Waals surface area contributed by atoms with Crippen molar-refractivity contribution in [2.75, 3.05) is 0 Å². The van der Waals surface area contributed by atoms with Crippen LogP contribution in [0.2, 0.25) is 0 Å². The molecule has 0 aromatic heterocycles. The molecule has 3 rings (SSSR count). The van der Waals surface area contributed by atoms with Gasteiger partial charge in [-0.1, -0.05) is 0 Å². The van der Waals surface area contributed by atoms with Gasteiger partial charge in [-0.15, -0.1) is 24.8 Å². The van der Waals surface area contributed by atoms with Crippen LogP contribution in [0, 0.1) is 0 Å². The lowest BCUT2D eigenvalue weighted by Gasteiger charge is -2.65. The summed E-state index contributed by atoms with van der Waals surface area (Å²) < 4.78 is 12.6. The molecule has 2 nitrogen and oxygen atoms in total. The SMILES string of the molecule is Cl.Cl.NNC12CC(F)(C1)C2. The maximum absolute atomic E-state index is 12.6. The summed E-state index contributed by atoms with van der Waals surface area (Å²) >= 11 is 0. The van der Waals surface area contributed by atoms with Gasteiger partial charge in [-0.05, 0) is 0 Å². The molecular formula is C5H11Cl2FN2. The van der Waals surface area contributed by atoms with Crippen LogP contribution in [0.4, 0.5) is 4.39 Å². The van der Waals surface area contributed by atoms with Crippen LogP contribution in [0.3, 0.4) is 0 Å². The molecule has 0 saturated heterocycles. The predicted molar refractivity (Wildman–Crippen MR) is 42.2 cm³/mol. The van der Waals surface area contributed by atoms with Crippen LogP contribution >= 0.6 is 24.8 Å². The summed E-state index contributed by atoms with van der Waals surface area (Å²) in [7, 11) is 0. The van der Waals surface area contributed by atoms with Crippen LogP contribution in [0.1, 0.15) is 19.3 Å². The molecule has 0 unspecified atom stereocenters. The summed E-state index contributed by atoms with van der Waals surface area (Å²) in [4.78, 5) is 0. The minimum absolute atomic E-state index is 0. The Balaban J connectivity index is 0.000000405. The van der Waals surface area contributed by atoms with E-state index in [2.05, 4.69) is 5.43 Å². The molecule has 0 atom stereocenters. The first-order chi connectivity index (χ1) is 3.68. The molecule has 62 valence electrons. The lowest BCUT2D eigenvalue weighted by Crippen LogP contribution is -2.77. The zero-order chi connectivity index (χ0) is 5.83. The van der Waals surface area contributed by atoms with Crippen molar-refractivity contribution >= 4 is 24.8 Å². The average Bonchev–Trinajstić information content (AvgIpc) is 1.55. The largest absolute Gasteiger partial charge is 0.271 e. The van der Waals surface area contributed by atoms with Gasteiger partial charge in [0.1, 0.15) is 5.67 Å². The minimum atomic E-state index is -0.813. The Morgan fingerprint density at radius 1 is 1.20 bits per heavy atom. The Morgan fingerprint density at radius 2 is 1.60 bits per heavy atom. The zero-order valence-corrected chi connectivity index (χ0v) is 7.03. The number of alkyl halides is 1. The van der Waals surface area contributed by atoms with Gasteiger partial charge in [0, 0.05) is 24.8 Å². The molecule has 3 fully saturated rings. The number of nitrogens with two attached hydrogens (primary N) is 1. The number of halogens is 3. The van der Waals surface area contributed by atoms with E-state index >= 15 is 0 Å². The minimum Gasteiger partial charge on any atom is -0.271 e. The van der Waals surface area contributed by atoms with Gasteiger partial charge >= 0.3 is 0 Å². The Morgan fingerprint density at radius 3 is 1.70 bits per heavy atom. The van der Waals surface area contributed by atoms with Crippen molar-refractivity contribution in [2.45, 2.75) is 30.5 Å². The van der Waals surface area contributed by atoms with Gasteiger partial charge in [0.2, 0.25) is 0 Å². The predicted octanol–water partition coefficient (Wildman–Crippen LogP) is 0.938. The third kappa shape index (κ3) is 1.01. The van der Waals surface area contributed by atoms with E-state index < -0.39 is 5.67 Å². The topological polar surface area (TPSA) is 38.0 Å². The van der Waals surface area contributed by atoms with Crippen LogP contribution in [0.5, 0.6) is 0 Å².